The lowest BCUT2D eigenvalue weighted by Gasteiger charge is -2.31. The second-order valence-corrected chi connectivity index (χ2v) is 7.28. The Balaban J connectivity index is 2.26. The van der Waals surface area contributed by atoms with E-state index >= 15 is 8.78 Å². The summed E-state index contributed by atoms with van der Waals surface area (Å²) < 4.78 is 60.0. The first-order valence-electron chi connectivity index (χ1n) is 9.69. The molecule has 4 rings (SSSR count). The number of hydrogen-bond acceptors (Lipinski definition) is 7. The molecule has 1 saturated heterocycles. The van der Waals surface area contributed by atoms with Crippen molar-refractivity contribution in [3.05, 3.63) is 57.4 Å². The van der Waals surface area contributed by atoms with Crippen molar-refractivity contribution >= 4 is 28.2 Å². The van der Waals surface area contributed by atoms with Gasteiger partial charge in [0.05, 0.1) is 11.1 Å². The van der Waals surface area contributed by atoms with Gasteiger partial charge in [0.25, 0.3) is 11.5 Å². The molecule has 174 valence electrons. The van der Waals surface area contributed by atoms with Crippen molar-refractivity contribution < 1.29 is 27.5 Å². The molecule has 1 fully saturated rings. The van der Waals surface area contributed by atoms with Gasteiger partial charge in [-0.15, -0.1) is 0 Å². The minimum absolute atomic E-state index is 0.184. The Morgan fingerprint density at radius 3 is 2.36 bits per heavy atom. The summed E-state index contributed by atoms with van der Waals surface area (Å²) in [5.74, 6) is -1.93. The molecular weight excluding hydrogens is 448 g/mol. The fourth-order valence-corrected chi connectivity index (χ4v) is 3.96. The monoisotopic (exact) mass is 466 g/mol. The number of halogens is 4. The first-order valence-corrected chi connectivity index (χ1v) is 9.69. The molecule has 9 nitrogen and oxygen atoms in total. The van der Waals surface area contributed by atoms with Gasteiger partial charge in [0, 0.05) is 32.2 Å². The molecule has 13 heteroatoms. The van der Waals surface area contributed by atoms with Crippen LogP contribution in [-0.4, -0.2) is 41.8 Å². The van der Waals surface area contributed by atoms with Crippen LogP contribution in [0.1, 0.15) is 10.4 Å². The number of pyridine rings is 1. The molecule has 2 heterocycles. The number of nitrogen functional groups attached to an aromatic ring is 1. The number of anilines is 2. The molecule has 3 aromatic rings. The molecule has 0 saturated carbocycles. The number of amides is 1. The number of hydrazine groups is 1. The molecule has 2 aromatic carbocycles. The maximum atomic E-state index is 15.9. The molecule has 0 spiro atoms. The zero-order valence-electron chi connectivity index (χ0n) is 16.9. The Morgan fingerprint density at radius 2 is 1.79 bits per heavy atom. The minimum atomic E-state index is -1.44. The highest BCUT2D eigenvalue weighted by Crippen LogP contribution is 2.42. The second-order valence-electron chi connectivity index (χ2n) is 7.28. The molecule has 1 aliphatic heterocycles. The Morgan fingerprint density at radius 1 is 1.12 bits per heavy atom. The van der Waals surface area contributed by atoms with Gasteiger partial charge in [-0.05, 0) is 12.1 Å². The highest BCUT2D eigenvalue weighted by molar-refractivity contribution is 6.07. The molecule has 0 bridgehead atoms. The molecule has 0 radical (unpaired) electrons. The summed E-state index contributed by atoms with van der Waals surface area (Å²) in [6, 6.07) is 2.07. The zero-order chi connectivity index (χ0) is 24.0. The van der Waals surface area contributed by atoms with Crippen molar-refractivity contribution in [3.8, 4) is 11.4 Å². The van der Waals surface area contributed by atoms with E-state index in [1.807, 2.05) is 5.43 Å². The lowest BCUT2D eigenvalue weighted by molar-refractivity contribution is 0.0996. The van der Waals surface area contributed by atoms with Gasteiger partial charge in [0.1, 0.15) is 39.8 Å². The van der Waals surface area contributed by atoms with Crippen LogP contribution in [0.25, 0.3) is 16.6 Å². The summed E-state index contributed by atoms with van der Waals surface area (Å²) in [6.45, 7) is 1.16. The van der Waals surface area contributed by atoms with Gasteiger partial charge in [-0.25, -0.2) is 17.6 Å². The Hall–Kier alpha value is -3.84. The largest absolute Gasteiger partial charge is 0.506 e. The zero-order valence-corrected chi connectivity index (χ0v) is 16.9. The summed E-state index contributed by atoms with van der Waals surface area (Å²) in [4.78, 5) is 26.4. The number of nitrogens with zero attached hydrogens (tertiary/aromatic N) is 2. The Kier molecular flexibility index (Phi) is 5.59. The normalized spacial score (nSPS) is 14.0. The second kappa shape index (κ2) is 8.26. The number of aromatic nitrogens is 1. The number of benzene rings is 2. The number of primary amides is 1. The number of hydrogen-bond donors (Lipinski definition) is 5. The number of piperazine rings is 1. The van der Waals surface area contributed by atoms with E-state index in [2.05, 4.69) is 5.32 Å². The molecule has 0 unspecified atom stereocenters. The van der Waals surface area contributed by atoms with Crippen molar-refractivity contribution in [2.75, 3.05) is 36.5 Å². The average molecular weight is 466 g/mol. The van der Waals surface area contributed by atoms with Gasteiger partial charge >= 0.3 is 0 Å². The van der Waals surface area contributed by atoms with Crippen molar-refractivity contribution in [1.82, 2.24) is 9.88 Å². The minimum Gasteiger partial charge on any atom is -0.506 e. The molecule has 1 amide bonds. The van der Waals surface area contributed by atoms with Crippen LogP contribution in [-0.2, 0) is 0 Å². The van der Waals surface area contributed by atoms with E-state index in [0.29, 0.717) is 23.7 Å². The Labute approximate surface area is 183 Å². The molecule has 7 N–H and O–H groups in total. The highest BCUT2D eigenvalue weighted by atomic mass is 19.1. The number of rotatable bonds is 4. The number of aromatic hydroxyl groups is 1. The van der Waals surface area contributed by atoms with Crippen molar-refractivity contribution in [2.45, 2.75) is 0 Å². The van der Waals surface area contributed by atoms with Crippen LogP contribution in [0.2, 0.25) is 0 Å². The lowest BCUT2D eigenvalue weighted by atomic mass is 10.0. The van der Waals surface area contributed by atoms with Gasteiger partial charge < -0.3 is 26.5 Å². The van der Waals surface area contributed by atoms with Crippen molar-refractivity contribution in [1.29, 1.82) is 0 Å². The summed E-state index contributed by atoms with van der Waals surface area (Å²) in [7, 11) is 0. The first kappa shape index (κ1) is 22.4. The summed E-state index contributed by atoms with van der Waals surface area (Å²) in [5.41, 5.74) is 2.09. The predicted molar refractivity (Wildman–Crippen MR) is 112 cm³/mol. The summed E-state index contributed by atoms with van der Waals surface area (Å²) in [5, 5.41) is 12.9. The first-order chi connectivity index (χ1) is 15.7. The van der Waals surface area contributed by atoms with E-state index in [0.717, 1.165) is 12.1 Å². The van der Waals surface area contributed by atoms with E-state index in [1.54, 1.807) is 0 Å². The van der Waals surface area contributed by atoms with Crippen LogP contribution < -0.4 is 32.8 Å². The molecular formula is C20H18F4N6O3. The van der Waals surface area contributed by atoms with E-state index in [1.165, 1.54) is 4.90 Å². The van der Waals surface area contributed by atoms with Crippen LogP contribution in [0.3, 0.4) is 0 Å². The SMILES string of the molecule is NNc1c(F)c(N2CCNCC2)c(F)c2c1c(O)c(C(N)=O)c(=O)n2-c1ccc(F)cc1F. The Bertz CT molecular complexity index is 1350. The quantitative estimate of drug-likeness (QED) is 0.220. The van der Waals surface area contributed by atoms with E-state index in [9.17, 15) is 23.5 Å². The topological polar surface area (TPSA) is 139 Å². The summed E-state index contributed by atoms with van der Waals surface area (Å²) >= 11 is 0. The number of carbonyl (C=O) groups excluding carboxylic acids is 1. The lowest BCUT2D eigenvalue weighted by Crippen LogP contribution is -2.44. The van der Waals surface area contributed by atoms with Crippen LogP contribution in [0.5, 0.6) is 5.75 Å². The third-order valence-electron chi connectivity index (χ3n) is 5.42. The van der Waals surface area contributed by atoms with Crippen LogP contribution in [0.4, 0.5) is 28.9 Å². The highest BCUT2D eigenvalue weighted by Gasteiger charge is 2.32. The van der Waals surface area contributed by atoms with Crippen LogP contribution >= 0.6 is 0 Å². The van der Waals surface area contributed by atoms with Crippen molar-refractivity contribution in [2.24, 2.45) is 11.6 Å². The predicted octanol–water partition coefficient (Wildman–Crippen LogP) is 1.05. The third kappa shape index (κ3) is 3.41. The number of nitrogens with two attached hydrogens (primary N) is 2. The smallest absolute Gasteiger partial charge is 0.272 e. The number of carbonyl (C=O) groups is 1. The van der Waals surface area contributed by atoms with Crippen molar-refractivity contribution in [3.63, 3.8) is 0 Å². The third-order valence-corrected chi connectivity index (χ3v) is 5.42. The maximum Gasteiger partial charge on any atom is 0.272 e. The van der Waals surface area contributed by atoms with Crippen LogP contribution in [0.15, 0.2) is 23.0 Å². The molecule has 0 atom stereocenters. The fraction of sp³-hybridized carbons (Fsp3) is 0.200. The molecule has 33 heavy (non-hydrogen) atoms. The average Bonchev–Trinajstić information content (AvgIpc) is 2.76. The van der Waals surface area contributed by atoms with Gasteiger partial charge in [-0.3, -0.25) is 20.0 Å². The van der Waals surface area contributed by atoms with Gasteiger partial charge in [-0.2, -0.15) is 0 Å². The molecule has 1 aliphatic rings. The van der Waals surface area contributed by atoms with E-state index in [-0.39, 0.29) is 13.1 Å². The summed E-state index contributed by atoms with van der Waals surface area (Å²) in [6.07, 6.45) is 0. The standard InChI is InChI=1S/C20H18F4N6O3/c21-8-1-2-10(9(22)7-8)30-16-11(18(31)12(19(25)32)20(30)33)15(28-26)13(23)17(14(16)24)29-5-3-27-4-6-29/h1-2,7,27-28,31H,3-6,26H2,(H2,25,32). The number of nitrogens with one attached hydrogen (secondary N) is 2. The molecule has 1 aromatic heterocycles. The van der Waals surface area contributed by atoms with Crippen LogP contribution in [0, 0.1) is 23.3 Å². The van der Waals surface area contributed by atoms with Gasteiger partial charge in [-0.1, -0.05) is 0 Å². The molecule has 0 aliphatic carbocycles. The number of fused-ring (bicyclic) bond motifs is 1. The van der Waals surface area contributed by atoms with Gasteiger partial charge in [0.2, 0.25) is 0 Å². The van der Waals surface area contributed by atoms with E-state index in [4.69, 9.17) is 11.6 Å². The maximum absolute atomic E-state index is 15.9. The van der Waals surface area contributed by atoms with Gasteiger partial charge in [0.15, 0.2) is 11.6 Å². The fourth-order valence-electron chi connectivity index (χ4n) is 3.96. The van der Waals surface area contributed by atoms with E-state index < -0.39 is 74.0 Å².